The van der Waals surface area contributed by atoms with Crippen molar-refractivity contribution in [1.29, 1.82) is 0 Å². The van der Waals surface area contributed by atoms with Crippen LogP contribution in [-0.4, -0.2) is 42.8 Å². The summed E-state index contributed by atoms with van der Waals surface area (Å²) in [5.74, 6) is -0.162. The van der Waals surface area contributed by atoms with Gasteiger partial charge in [0.1, 0.15) is 0 Å². The van der Waals surface area contributed by atoms with Crippen molar-refractivity contribution in [3.8, 4) is 0 Å². The molecule has 34 heavy (non-hydrogen) atoms. The van der Waals surface area contributed by atoms with Crippen LogP contribution in [0.15, 0.2) is 48.5 Å². The third-order valence-corrected chi connectivity index (χ3v) is 8.42. The first kappa shape index (κ1) is 24.4. The highest BCUT2D eigenvalue weighted by Crippen LogP contribution is 2.36. The maximum absolute atomic E-state index is 12.9. The van der Waals surface area contributed by atoms with Crippen molar-refractivity contribution >= 4 is 22.1 Å². The van der Waals surface area contributed by atoms with Gasteiger partial charge in [0.15, 0.2) is 0 Å². The van der Waals surface area contributed by atoms with Crippen LogP contribution in [0.2, 0.25) is 0 Å². The standard InChI is InChI=1S/C25H31N3O5S/c29-24(26-15-18-8-10-21(11-9-18)25(30)31)22-7-3-4-19(14-22)16-27-34(32,33)28-13-12-20-5-1-2-6-23(20)17-28/h3-4,7-11,14,20,23,27H,1-2,5-6,12-13,15-17H2,(H,26,29)(H,30,31). The number of nitrogens with one attached hydrogen (secondary N) is 2. The number of carboxylic acids is 1. The van der Waals surface area contributed by atoms with E-state index in [1.807, 2.05) is 0 Å². The number of amides is 1. The Balaban J connectivity index is 1.31. The fourth-order valence-electron chi connectivity index (χ4n) is 4.92. The maximum Gasteiger partial charge on any atom is 0.335 e. The zero-order valence-corrected chi connectivity index (χ0v) is 19.9. The minimum Gasteiger partial charge on any atom is -0.478 e. The number of benzene rings is 2. The smallest absolute Gasteiger partial charge is 0.335 e. The number of fused-ring (bicyclic) bond motifs is 1. The molecule has 1 saturated heterocycles. The first-order valence-electron chi connectivity index (χ1n) is 11.8. The average molecular weight is 486 g/mol. The molecule has 1 aliphatic carbocycles. The second-order valence-corrected chi connectivity index (χ2v) is 10.9. The predicted octanol–water partition coefficient (Wildman–Crippen LogP) is 3.16. The monoisotopic (exact) mass is 485 g/mol. The molecule has 2 aromatic carbocycles. The lowest BCUT2D eigenvalue weighted by molar-refractivity contribution is 0.0696. The number of aromatic carboxylic acids is 1. The lowest BCUT2D eigenvalue weighted by Crippen LogP contribution is -2.48. The Labute approximate surface area is 200 Å². The lowest BCUT2D eigenvalue weighted by atomic mass is 9.76. The number of carboxylic acid groups (broad SMARTS) is 1. The summed E-state index contributed by atoms with van der Waals surface area (Å²) in [6, 6.07) is 13.2. The molecular weight excluding hydrogens is 454 g/mol. The molecular formula is C25H31N3O5S. The van der Waals surface area contributed by atoms with Crippen molar-refractivity contribution in [3.05, 3.63) is 70.8 Å². The molecule has 0 bridgehead atoms. The first-order valence-corrected chi connectivity index (χ1v) is 13.2. The summed E-state index contributed by atoms with van der Waals surface area (Å²) < 4.78 is 30.0. The van der Waals surface area contributed by atoms with Crippen LogP contribution >= 0.6 is 0 Å². The van der Waals surface area contributed by atoms with Gasteiger partial charge in [0.05, 0.1) is 5.56 Å². The maximum atomic E-state index is 12.9. The van der Waals surface area contributed by atoms with Gasteiger partial charge in [0, 0.05) is 31.7 Å². The number of piperidine rings is 1. The molecule has 0 spiro atoms. The molecule has 0 aromatic heterocycles. The second-order valence-electron chi connectivity index (χ2n) is 9.16. The van der Waals surface area contributed by atoms with Gasteiger partial charge in [-0.15, -0.1) is 0 Å². The molecule has 3 N–H and O–H groups in total. The van der Waals surface area contributed by atoms with Crippen LogP contribution in [0.5, 0.6) is 0 Å². The highest BCUT2D eigenvalue weighted by atomic mass is 32.2. The van der Waals surface area contributed by atoms with Gasteiger partial charge in [0.25, 0.3) is 16.1 Å². The van der Waals surface area contributed by atoms with Crippen LogP contribution in [-0.2, 0) is 23.3 Å². The zero-order valence-electron chi connectivity index (χ0n) is 19.1. The van der Waals surface area contributed by atoms with Crippen molar-refractivity contribution in [3.63, 3.8) is 0 Å². The van der Waals surface area contributed by atoms with Crippen LogP contribution in [0.25, 0.3) is 0 Å². The van der Waals surface area contributed by atoms with E-state index in [9.17, 15) is 18.0 Å². The van der Waals surface area contributed by atoms with E-state index >= 15 is 0 Å². The molecule has 182 valence electrons. The van der Waals surface area contributed by atoms with Crippen molar-refractivity contribution in [1.82, 2.24) is 14.3 Å². The van der Waals surface area contributed by atoms with E-state index in [4.69, 9.17) is 5.11 Å². The number of rotatable bonds is 8. The van der Waals surface area contributed by atoms with Crippen LogP contribution in [0, 0.1) is 11.8 Å². The van der Waals surface area contributed by atoms with Gasteiger partial charge in [0.2, 0.25) is 0 Å². The minimum absolute atomic E-state index is 0.116. The third-order valence-electron chi connectivity index (χ3n) is 6.90. The van der Waals surface area contributed by atoms with Crippen molar-refractivity contribution in [2.75, 3.05) is 13.1 Å². The summed E-state index contributed by atoms with van der Waals surface area (Å²) in [6.07, 6.45) is 5.70. The van der Waals surface area contributed by atoms with E-state index < -0.39 is 16.2 Å². The summed E-state index contributed by atoms with van der Waals surface area (Å²) in [7, 11) is -3.58. The second kappa shape index (κ2) is 10.7. The molecule has 1 amide bonds. The van der Waals surface area contributed by atoms with Crippen molar-refractivity contribution in [2.45, 2.75) is 45.2 Å². The van der Waals surface area contributed by atoms with E-state index in [0.29, 0.717) is 36.1 Å². The predicted molar refractivity (Wildman–Crippen MR) is 128 cm³/mol. The Hall–Kier alpha value is -2.75. The minimum atomic E-state index is -3.58. The van der Waals surface area contributed by atoms with Crippen molar-refractivity contribution in [2.24, 2.45) is 11.8 Å². The topological polar surface area (TPSA) is 116 Å². The fourth-order valence-corrected chi connectivity index (χ4v) is 6.19. The molecule has 2 atom stereocenters. The summed E-state index contributed by atoms with van der Waals surface area (Å²) in [4.78, 5) is 23.5. The lowest BCUT2D eigenvalue weighted by Gasteiger charge is -2.40. The molecule has 1 aliphatic heterocycles. The number of hydrogen-bond donors (Lipinski definition) is 3. The zero-order chi connectivity index (χ0) is 24.1. The Bertz CT molecular complexity index is 1130. The molecule has 4 rings (SSSR count). The highest BCUT2D eigenvalue weighted by Gasteiger charge is 2.35. The SMILES string of the molecule is O=C(O)c1ccc(CNC(=O)c2cccc(CNS(=O)(=O)N3CCC4CCCCC4C3)c2)cc1. The Morgan fingerprint density at radius 3 is 2.38 bits per heavy atom. The summed E-state index contributed by atoms with van der Waals surface area (Å²) >= 11 is 0. The number of carbonyl (C=O) groups is 2. The van der Waals surface area contributed by atoms with E-state index in [2.05, 4.69) is 10.0 Å². The fraction of sp³-hybridized carbons (Fsp3) is 0.440. The van der Waals surface area contributed by atoms with Gasteiger partial charge in [-0.1, -0.05) is 43.5 Å². The Morgan fingerprint density at radius 2 is 1.65 bits per heavy atom. The van der Waals surface area contributed by atoms with Crippen molar-refractivity contribution < 1.29 is 23.1 Å². The number of hydrogen-bond acceptors (Lipinski definition) is 4. The van der Waals surface area contributed by atoms with Gasteiger partial charge in [-0.3, -0.25) is 4.79 Å². The van der Waals surface area contributed by atoms with E-state index in [0.717, 1.165) is 18.4 Å². The molecule has 9 heteroatoms. The van der Waals surface area contributed by atoms with Gasteiger partial charge >= 0.3 is 5.97 Å². The average Bonchev–Trinajstić information content (AvgIpc) is 2.86. The molecule has 0 radical (unpaired) electrons. The number of nitrogens with zero attached hydrogens (tertiary/aromatic N) is 1. The van der Waals surface area contributed by atoms with Crippen LogP contribution in [0.4, 0.5) is 0 Å². The highest BCUT2D eigenvalue weighted by molar-refractivity contribution is 7.87. The Kier molecular flexibility index (Phi) is 7.65. The Morgan fingerprint density at radius 1 is 0.912 bits per heavy atom. The molecule has 1 saturated carbocycles. The molecule has 1 heterocycles. The molecule has 2 unspecified atom stereocenters. The van der Waals surface area contributed by atoms with Crippen LogP contribution in [0.3, 0.4) is 0 Å². The van der Waals surface area contributed by atoms with E-state index in [1.165, 1.54) is 31.4 Å². The van der Waals surface area contributed by atoms with Gasteiger partial charge in [-0.2, -0.15) is 17.4 Å². The van der Waals surface area contributed by atoms with E-state index in [-0.39, 0.29) is 24.6 Å². The van der Waals surface area contributed by atoms with Crippen LogP contribution in [0.1, 0.15) is 63.9 Å². The molecule has 8 nitrogen and oxygen atoms in total. The normalized spacial score (nSPS) is 20.9. The van der Waals surface area contributed by atoms with Crippen LogP contribution < -0.4 is 10.0 Å². The number of carbonyl (C=O) groups excluding carboxylic acids is 1. The summed E-state index contributed by atoms with van der Waals surface area (Å²) in [6.45, 7) is 1.53. The molecule has 2 fully saturated rings. The quantitative estimate of drug-likeness (QED) is 0.531. The third kappa shape index (κ3) is 6.02. The molecule has 2 aromatic rings. The van der Waals surface area contributed by atoms with Gasteiger partial charge in [-0.05, 0) is 60.1 Å². The largest absolute Gasteiger partial charge is 0.478 e. The summed E-state index contributed by atoms with van der Waals surface area (Å²) in [5.41, 5.74) is 2.11. The van der Waals surface area contributed by atoms with Gasteiger partial charge < -0.3 is 10.4 Å². The summed E-state index contributed by atoms with van der Waals surface area (Å²) in [5, 5.41) is 11.8. The van der Waals surface area contributed by atoms with Gasteiger partial charge in [-0.25, -0.2) is 4.79 Å². The molecule has 2 aliphatic rings. The van der Waals surface area contributed by atoms with E-state index in [1.54, 1.807) is 40.7 Å². The first-order chi connectivity index (χ1) is 16.3.